The van der Waals surface area contributed by atoms with E-state index in [1.54, 1.807) is 0 Å². The van der Waals surface area contributed by atoms with Gasteiger partial charge in [-0.2, -0.15) is 0 Å². The van der Waals surface area contributed by atoms with Gasteiger partial charge in [0, 0.05) is 55.3 Å². The summed E-state index contributed by atoms with van der Waals surface area (Å²) >= 11 is 0. The van der Waals surface area contributed by atoms with Gasteiger partial charge in [0.1, 0.15) is 0 Å². The Hall–Kier alpha value is -8.34. The van der Waals surface area contributed by atoms with E-state index in [0.29, 0.717) is 0 Å². The fourth-order valence-corrected chi connectivity index (χ4v) is 9.98. The van der Waals surface area contributed by atoms with Crippen LogP contribution in [0.5, 0.6) is 0 Å². The predicted octanol–water partition coefficient (Wildman–Crippen LogP) is 15.1. The molecule has 0 saturated heterocycles. The number of para-hydroxylation sites is 2. The molecule has 13 rings (SSSR count). The molecule has 0 N–H and O–H groups in total. The largest absolute Gasteiger partial charge is 0.309 e. The van der Waals surface area contributed by atoms with Gasteiger partial charge in [-0.1, -0.05) is 158 Å². The lowest BCUT2D eigenvalue weighted by Crippen LogP contribution is -1.98. The second kappa shape index (κ2) is 13.6. The number of rotatable bonds is 5. The predicted molar refractivity (Wildman–Crippen MR) is 260 cm³/mol. The van der Waals surface area contributed by atoms with Crippen LogP contribution in [0.3, 0.4) is 0 Å². The molecule has 3 aromatic heterocycles. The number of nitrogens with zero attached hydrogens (tertiary/aromatic N) is 4. The first-order valence-corrected chi connectivity index (χ1v) is 21.2. The zero-order chi connectivity index (χ0) is 40.7. The minimum atomic E-state index is 0.720. The molecule has 0 saturated carbocycles. The lowest BCUT2D eigenvalue weighted by Gasteiger charge is -2.18. The molecule has 0 radical (unpaired) electrons. The summed E-state index contributed by atoms with van der Waals surface area (Å²) in [5.74, 6) is 0.720. The Labute approximate surface area is 357 Å². The maximum Gasteiger partial charge on any atom is 0.159 e. The van der Waals surface area contributed by atoms with E-state index in [1.165, 1.54) is 59.6 Å². The van der Waals surface area contributed by atoms with Gasteiger partial charge < -0.3 is 9.13 Å². The van der Waals surface area contributed by atoms with E-state index in [-0.39, 0.29) is 0 Å². The minimum absolute atomic E-state index is 0.720. The van der Waals surface area contributed by atoms with Gasteiger partial charge in [-0.15, -0.1) is 0 Å². The molecular weight excluding hydrogens is 753 g/mol. The average Bonchev–Trinajstić information content (AvgIpc) is 3.85. The molecule has 62 heavy (non-hydrogen) atoms. The molecule has 13 aromatic rings. The van der Waals surface area contributed by atoms with E-state index in [1.807, 2.05) is 24.4 Å². The van der Waals surface area contributed by atoms with Crippen LogP contribution in [0.15, 0.2) is 219 Å². The SMILES string of the molecule is c1ccc(-c2ncc3c(-c4ccccc4)c(-c4cc(-n5c6ccccc6c6cc7c8c9ccccc9ccc8n(-c8ccccc8)c7cc65)c5ccccc5c4)ccc3n2)cc1. The quantitative estimate of drug-likeness (QED) is 0.174. The van der Waals surface area contributed by atoms with Gasteiger partial charge in [0.05, 0.1) is 33.3 Å². The fraction of sp³-hybridized carbons (Fsp3) is 0. The van der Waals surface area contributed by atoms with Crippen molar-refractivity contribution >= 4 is 76.1 Å². The van der Waals surface area contributed by atoms with E-state index in [0.717, 1.165) is 61.4 Å². The molecule has 0 atom stereocenters. The highest BCUT2D eigenvalue weighted by molar-refractivity contribution is 6.25. The van der Waals surface area contributed by atoms with Crippen LogP contribution < -0.4 is 0 Å². The summed E-state index contributed by atoms with van der Waals surface area (Å²) in [4.78, 5) is 10.1. The smallest absolute Gasteiger partial charge is 0.159 e. The van der Waals surface area contributed by atoms with Crippen molar-refractivity contribution in [2.45, 2.75) is 0 Å². The fourth-order valence-electron chi connectivity index (χ4n) is 9.98. The summed E-state index contributed by atoms with van der Waals surface area (Å²) in [7, 11) is 0. The monoisotopic (exact) mass is 788 g/mol. The Balaban J connectivity index is 1.12. The zero-order valence-corrected chi connectivity index (χ0v) is 33.6. The van der Waals surface area contributed by atoms with E-state index >= 15 is 0 Å². The second-order valence-corrected chi connectivity index (χ2v) is 16.2. The number of fused-ring (bicyclic) bond motifs is 10. The van der Waals surface area contributed by atoms with Gasteiger partial charge >= 0.3 is 0 Å². The third-order valence-electron chi connectivity index (χ3n) is 12.7. The van der Waals surface area contributed by atoms with Crippen LogP contribution in [0.2, 0.25) is 0 Å². The summed E-state index contributed by atoms with van der Waals surface area (Å²) in [6.07, 6.45) is 2.01. The highest BCUT2D eigenvalue weighted by atomic mass is 15.0. The standard InChI is InChI=1S/C58H36N4/c1-4-17-38(18-5-1)56-45(29-30-50-49(56)36-59-58(60-50)39-19-6-2-7-20-39)41-32-40-21-11-12-24-43(40)53(33-41)62-51-27-15-14-26-46(51)47-34-48-55(35-54(47)62)61(42-22-8-3-9-23-42)52-31-28-37-16-10-13-25-44(37)57(48)52/h1-36H. The summed E-state index contributed by atoms with van der Waals surface area (Å²) in [5.41, 5.74) is 13.4. The molecular formula is C58H36N4. The van der Waals surface area contributed by atoms with Crippen molar-refractivity contribution in [3.63, 3.8) is 0 Å². The lowest BCUT2D eigenvalue weighted by molar-refractivity contribution is 1.17. The van der Waals surface area contributed by atoms with Crippen LogP contribution >= 0.6 is 0 Å². The van der Waals surface area contributed by atoms with Gasteiger partial charge in [0.25, 0.3) is 0 Å². The van der Waals surface area contributed by atoms with Crippen molar-refractivity contribution in [3.8, 4) is 45.0 Å². The summed E-state index contributed by atoms with van der Waals surface area (Å²) in [6, 6.07) is 76.7. The summed E-state index contributed by atoms with van der Waals surface area (Å²) < 4.78 is 4.94. The van der Waals surface area contributed by atoms with Crippen molar-refractivity contribution in [3.05, 3.63) is 219 Å². The van der Waals surface area contributed by atoms with Crippen LogP contribution in [-0.2, 0) is 0 Å². The van der Waals surface area contributed by atoms with Crippen LogP contribution in [0.25, 0.3) is 121 Å². The van der Waals surface area contributed by atoms with Crippen LogP contribution in [0.1, 0.15) is 0 Å². The average molecular weight is 789 g/mol. The molecule has 4 heteroatoms. The van der Waals surface area contributed by atoms with E-state index in [4.69, 9.17) is 9.97 Å². The zero-order valence-electron chi connectivity index (χ0n) is 33.6. The number of hydrogen-bond acceptors (Lipinski definition) is 2. The first-order valence-electron chi connectivity index (χ1n) is 21.2. The molecule has 0 amide bonds. The maximum absolute atomic E-state index is 5.11. The molecule has 10 aromatic carbocycles. The van der Waals surface area contributed by atoms with Gasteiger partial charge in [-0.05, 0) is 87.4 Å². The van der Waals surface area contributed by atoms with Crippen molar-refractivity contribution in [1.29, 1.82) is 0 Å². The second-order valence-electron chi connectivity index (χ2n) is 16.2. The highest BCUT2D eigenvalue weighted by Crippen LogP contribution is 2.45. The number of aromatic nitrogens is 4. The van der Waals surface area contributed by atoms with Crippen LogP contribution in [0, 0.1) is 0 Å². The molecule has 0 fully saturated rings. The van der Waals surface area contributed by atoms with E-state index in [9.17, 15) is 0 Å². The molecule has 0 bridgehead atoms. The molecule has 3 heterocycles. The third-order valence-corrected chi connectivity index (χ3v) is 12.7. The van der Waals surface area contributed by atoms with Gasteiger partial charge in [0.2, 0.25) is 0 Å². The van der Waals surface area contributed by atoms with Crippen molar-refractivity contribution < 1.29 is 0 Å². The lowest BCUT2D eigenvalue weighted by atomic mass is 9.90. The Morgan fingerprint density at radius 1 is 0.355 bits per heavy atom. The van der Waals surface area contributed by atoms with Gasteiger partial charge in [0.15, 0.2) is 5.82 Å². The van der Waals surface area contributed by atoms with Crippen molar-refractivity contribution in [2.75, 3.05) is 0 Å². The molecule has 0 aliphatic rings. The minimum Gasteiger partial charge on any atom is -0.309 e. The summed E-state index contributed by atoms with van der Waals surface area (Å²) in [5, 5.41) is 10.9. The highest BCUT2D eigenvalue weighted by Gasteiger charge is 2.22. The Kier molecular flexibility index (Phi) is 7.57. The number of benzene rings is 10. The van der Waals surface area contributed by atoms with Crippen LogP contribution in [0.4, 0.5) is 0 Å². The first-order chi connectivity index (χ1) is 30.8. The van der Waals surface area contributed by atoms with Crippen molar-refractivity contribution in [1.82, 2.24) is 19.1 Å². The first kappa shape index (κ1) is 34.5. The topological polar surface area (TPSA) is 35.6 Å². The molecule has 0 aliphatic carbocycles. The van der Waals surface area contributed by atoms with Gasteiger partial charge in [-0.3, -0.25) is 0 Å². The Bertz CT molecular complexity index is 3900. The molecule has 0 aliphatic heterocycles. The van der Waals surface area contributed by atoms with E-state index in [2.05, 4.69) is 203 Å². The van der Waals surface area contributed by atoms with Gasteiger partial charge in [-0.25, -0.2) is 9.97 Å². The molecule has 0 spiro atoms. The maximum atomic E-state index is 5.11. The van der Waals surface area contributed by atoms with Crippen LogP contribution in [-0.4, -0.2) is 19.1 Å². The number of hydrogen-bond donors (Lipinski definition) is 0. The van der Waals surface area contributed by atoms with E-state index < -0.39 is 0 Å². The van der Waals surface area contributed by atoms with Crippen molar-refractivity contribution in [2.24, 2.45) is 0 Å². The molecule has 4 nitrogen and oxygen atoms in total. The Morgan fingerprint density at radius 3 is 1.82 bits per heavy atom. The Morgan fingerprint density at radius 2 is 1.02 bits per heavy atom. The molecule has 0 unspecified atom stereocenters. The normalized spacial score (nSPS) is 11.9. The molecule has 288 valence electrons. The third kappa shape index (κ3) is 5.20. The summed E-state index contributed by atoms with van der Waals surface area (Å²) in [6.45, 7) is 0.